The van der Waals surface area contributed by atoms with Gasteiger partial charge in [-0.2, -0.15) is 0 Å². The molecule has 18 heavy (non-hydrogen) atoms. The van der Waals surface area contributed by atoms with Crippen molar-refractivity contribution in [3.05, 3.63) is 42.5 Å². The van der Waals surface area contributed by atoms with E-state index in [2.05, 4.69) is 23.4 Å². The largest absolute Gasteiger partial charge is 0.497 e. The van der Waals surface area contributed by atoms with Gasteiger partial charge in [0.25, 0.3) is 0 Å². The third-order valence-corrected chi connectivity index (χ3v) is 2.71. The molecule has 1 heterocycles. The zero-order valence-electron chi connectivity index (χ0n) is 11.0. The van der Waals surface area contributed by atoms with E-state index in [0.29, 0.717) is 12.6 Å². The number of hydrogen-bond donors (Lipinski definition) is 0. The number of imidazole rings is 1. The predicted octanol–water partition coefficient (Wildman–Crippen LogP) is 3.05. The molecule has 0 unspecified atom stereocenters. The van der Waals surface area contributed by atoms with E-state index in [1.807, 2.05) is 30.5 Å². The lowest BCUT2D eigenvalue weighted by Crippen LogP contribution is -2.08. The minimum atomic E-state index is 0.386. The van der Waals surface area contributed by atoms with Crippen LogP contribution in [-0.4, -0.2) is 16.7 Å². The van der Waals surface area contributed by atoms with Gasteiger partial charge in [0.1, 0.15) is 23.9 Å². The van der Waals surface area contributed by atoms with Crippen LogP contribution in [0.1, 0.15) is 25.7 Å². The maximum absolute atomic E-state index is 5.72. The SMILES string of the molecule is COc1cccc(OCc2nccn2C(C)C)c1. The lowest BCUT2D eigenvalue weighted by atomic mass is 10.3. The number of hydrogen-bond acceptors (Lipinski definition) is 3. The van der Waals surface area contributed by atoms with Gasteiger partial charge in [-0.25, -0.2) is 4.98 Å². The normalized spacial score (nSPS) is 10.7. The minimum absolute atomic E-state index is 0.386. The van der Waals surface area contributed by atoms with Gasteiger partial charge in [-0.15, -0.1) is 0 Å². The molecule has 1 aromatic heterocycles. The highest BCUT2D eigenvalue weighted by atomic mass is 16.5. The van der Waals surface area contributed by atoms with Gasteiger partial charge in [-0.1, -0.05) is 6.07 Å². The number of methoxy groups -OCH3 is 1. The van der Waals surface area contributed by atoms with Crippen molar-refractivity contribution in [1.29, 1.82) is 0 Å². The summed E-state index contributed by atoms with van der Waals surface area (Å²) in [5, 5.41) is 0. The fourth-order valence-electron chi connectivity index (χ4n) is 1.76. The predicted molar refractivity (Wildman–Crippen MR) is 69.9 cm³/mol. The molecule has 2 aromatic rings. The second-order valence-electron chi connectivity index (χ2n) is 4.31. The monoisotopic (exact) mass is 246 g/mol. The van der Waals surface area contributed by atoms with Gasteiger partial charge in [0.2, 0.25) is 0 Å². The lowest BCUT2D eigenvalue weighted by Gasteiger charge is -2.12. The molecule has 0 aliphatic heterocycles. The lowest BCUT2D eigenvalue weighted by molar-refractivity contribution is 0.284. The smallest absolute Gasteiger partial charge is 0.146 e. The van der Waals surface area contributed by atoms with Crippen molar-refractivity contribution < 1.29 is 9.47 Å². The van der Waals surface area contributed by atoms with Crippen LogP contribution in [-0.2, 0) is 6.61 Å². The van der Waals surface area contributed by atoms with E-state index in [9.17, 15) is 0 Å². The molecule has 0 aliphatic carbocycles. The highest BCUT2D eigenvalue weighted by Gasteiger charge is 2.06. The highest BCUT2D eigenvalue weighted by molar-refractivity contribution is 5.32. The molecule has 96 valence electrons. The van der Waals surface area contributed by atoms with E-state index in [4.69, 9.17) is 9.47 Å². The summed E-state index contributed by atoms with van der Waals surface area (Å²) < 4.78 is 13.0. The van der Waals surface area contributed by atoms with Crippen LogP contribution in [0.15, 0.2) is 36.7 Å². The average molecular weight is 246 g/mol. The second-order valence-corrected chi connectivity index (χ2v) is 4.31. The van der Waals surface area contributed by atoms with E-state index in [-0.39, 0.29) is 0 Å². The first-order valence-corrected chi connectivity index (χ1v) is 5.99. The maximum atomic E-state index is 5.72. The summed E-state index contributed by atoms with van der Waals surface area (Å²) >= 11 is 0. The maximum Gasteiger partial charge on any atom is 0.146 e. The van der Waals surface area contributed by atoms with Crippen LogP contribution in [0.25, 0.3) is 0 Å². The molecule has 0 bridgehead atoms. The molecule has 0 aliphatic rings. The third-order valence-electron chi connectivity index (χ3n) is 2.71. The Labute approximate surface area is 107 Å². The molecule has 0 amide bonds. The molecule has 0 N–H and O–H groups in total. The fourth-order valence-corrected chi connectivity index (χ4v) is 1.76. The first-order valence-electron chi connectivity index (χ1n) is 5.99. The van der Waals surface area contributed by atoms with Gasteiger partial charge in [0.05, 0.1) is 7.11 Å². The second kappa shape index (κ2) is 5.58. The zero-order chi connectivity index (χ0) is 13.0. The Balaban J connectivity index is 2.04. The van der Waals surface area contributed by atoms with Crippen LogP contribution < -0.4 is 9.47 Å². The van der Waals surface area contributed by atoms with Crippen LogP contribution in [0, 0.1) is 0 Å². The van der Waals surface area contributed by atoms with Gasteiger partial charge in [0.15, 0.2) is 0 Å². The molecule has 4 nitrogen and oxygen atoms in total. The zero-order valence-corrected chi connectivity index (χ0v) is 11.0. The Kier molecular flexibility index (Phi) is 3.87. The quantitative estimate of drug-likeness (QED) is 0.813. The number of ether oxygens (including phenoxy) is 2. The summed E-state index contributed by atoms with van der Waals surface area (Å²) in [6.45, 7) is 4.70. The molecule has 1 aromatic carbocycles. The summed E-state index contributed by atoms with van der Waals surface area (Å²) in [5.41, 5.74) is 0. The first kappa shape index (κ1) is 12.5. The van der Waals surface area contributed by atoms with Crippen molar-refractivity contribution in [2.45, 2.75) is 26.5 Å². The first-order chi connectivity index (χ1) is 8.70. The van der Waals surface area contributed by atoms with Crippen molar-refractivity contribution in [2.75, 3.05) is 7.11 Å². The van der Waals surface area contributed by atoms with Gasteiger partial charge in [0, 0.05) is 24.5 Å². The standard InChI is InChI=1S/C14H18N2O2/c1-11(2)16-8-7-15-14(16)10-18-13-6-4-5-12(9-13)17-3/h4-9,11H,10H2,1-3H3. The summed E-state index contributed by atoms with van der Waals surface area (Å²) in [6.07, 6.45) is 3.76. The summed E-state index contributed by atoms with van der Waals surface area (Å²) in [5.74, 6) is 2.50. The summed E-state index contributed by atoms with van der Waals surface area (Å²) in [7, 11) is 1.64. The topological polar surface area (TPSA) is 36.3 Å². The minimum Gasteiger partial charge on any atom is -0.497 e. The van der Waals surface area contributed by atoms with Crippen LogP contribution in [0.4, 0.5) is 0 Å². The van der Waals surface area contributed by atoms with Crippen molar-refractivity contribution in [2.24, 2.45) is 0 Å². The van der Waals surface area contributed by atoms with Crippen molar-refractivity contribution in [3.63, 3.8) is 0 Å². The molecule has 0 atom stereocenters. The number of benzene rings is 1. The Morgan fingerprint density at radius 1 is 1.28 bits per heavy atom. The Bertz CT molecular complexity index is 506. The Morgan fingerprint density at radius 2 is 2.06 bits per heavy atom. The van der Waals surface area contributed by atoms with E-state index in [0.717, 1.165) is 17.3 Å². The Hall–Kier alpha value is -1.97. The van der Waals surface area contributed by atoms with Gasteiger partial charge < -0.3 is 14.0 Å². The van der Waals surface area contributed by atoms with Crippen LogP contribution >= 0.6 is 0 Å². The number of nitrogens with zero attached hydrogens (tertiary/aromatic N) is 2. The van der Waals surface area contributed by atoms with Crippen molar-refractivity contribution in [1.82, 2.24) is 9.55 Å². The van der Waals surface area contributed by atoms with Crippen molar-refractivity contribution >= 4 is 0 Å². The molecule has 0 spiro atoms. The fraction of sp³-hybridized carbons (Fsp3) is 0.357. The van der Waals surface area contributed by atoms with E-state index >= 15 is 0 Å². The van der Waals surface area contributed by atoms with Crippen LogP contribution in [0.5, 0.6) is 11.5 Å². The van der Waals surface area contributed by atoms with E-state index in [1.54, 1.807) is 13.3 Å². The Morgan fingerprint density at radius 3 is 2.78 bits per heavy atom. The third kappa shape index (κ3) is 2.83. The molecule has 2 rings (SSSR count). The van der Waals surface area contributed by atoms with E-state index in [1.165, 1.54) is 0 Å². The average Bonchev–Trinajstić information content (AvgIpc) is 2.85. The van der Waals surface area contributed by atoms with Gasteiger partial charge in [-0.05, 0) is 26.0 Å². The molecule has 4 heteroatoms. The van der Waals surface area contributed by atoms with Gasteiger partial charge in [-0.3, -0.25) is 0 Å². The molecule has 0 radical (unpaired) electrons. The molecule has 0 saturated carbocycles. The highest BCUT2D eigenvalue weighted by Crippen LogP contribution is 2.20. The summed E-state index contributed by atoms with van der Waals surface area (Å²) in [4.78, 5) is 4.30. The number of aromatic nitrogens is 2. The van der Waals surface area contributed by atoms with Crippen molar-refractivity contribution in [3.8, 4) is 11.5 Å². The van der Waals surface area contributed by atoms with Gasteiger partial charge >= 0.3 is 0 Å². The van der Waals surface area contributed by atoms with Crippen LogP contribution in [0.3, 0.4) is 0 Å². The van der Waals surface area contributed by atoms with Crippen LogP contribution in [0.2, 0.25) is 0 Å². The molecular formula is C14H18N2O2. The summed E-state index contributed by atoms with van der Waals surface area (Å²) in [6, 6.07) is 7.95. The van der Waals surface area contributed by atoms with E-state index < -0.39 is 0 Å². The molecular weight excluding hydrogens is 228 g/mol. The molecule has 0 fully saturated rings. The molecule has 0 saturated heterocycles. The number of rotatable bonds is 5.